The maximum atomic E-state index is 6.15. The van der Waals surface area contributed by atoms with Crippen LogP contribution in [0, 0.1) is 19.3 Å². The van der Waals surface area contributed by atoms with Crippen molar-refractivity contribution in [3.8, 4) is 5.75 Å². The number of hydrogen-bond acceptors (Lipinski definition) is 6. The first-order chi connectivity index (χ1) is 12.7. The van der Waals surface area contributed by atoms with Crippen molar-refractivity contribution in [3.63, 3.8) is 0 Å². The molecule has 0 N–H and O–H groups in total. The van der Waals surface area contributed by atoms with Crippen LogP contribution < -0.4 is 4.74 Å². The lowest BCUT2D eigenvalue weighted by molar-refractivity contribution is -0.140. The minimum atomic E-state index is 0.0331. The molecule has 4 heterocycles. The van der Waals surface area contributed by atoms with Gasteiger partial charge in [-0.25, -0.2) is 0 Å². The van der Waals surface area contributed by atoms with Crippen molar-refractivity contribution in [2.24, 2.45) is 5.41 Å². The number of rotatable bonds is 5. The van der Waals surface area contributed by atoms with Gasteiger partial charge in [0.15, 0.2) is 0 Å². The second-order valence-electron chi connectivity index (χ2n) is 7.60. The van der Waals surface area contributed by atoms with E-state index in [0.29, 0.717) is 6.61 Å². The number of nitrogens with zero attached hydrogens (tertiary/aromatic N) is 3. The van der Waals surface area contributed by atoms with E-state index in [-0.39, 0.29) is 11.5 Å². The minimum Gasteiger partial charge on any atom is -0.491 e. The van der Waals surface area contributed by atoms with Gasteiger partial charge in [-0.1, -0.05) is 5.16 Å². The monoisotopic (exact) mass is 357 g/mol. The Labute approximate surface area is 154 Å². The highest BCUT2D eigenvalue weighted by Gasteiger charge is 2.46. The zero-order valence-corrected chi connectivity index (χ0v) is 15.6. The number of hydrogen-bond donors (Lipinski definition) is 0. The third kappa shape index (κ3) is 3.48. The van der Waals surface area contributed by atoms with E-state index in [9.17, 15) is 0 Å². The summed E-state index contributed by atoms with van der Waals surface area (Å²) in [6, 6.07) is 3.87. The zero-order chi connectivity index (χ0) is 18.0. The molecule has 140 valence electrons. The van der Waals surface area contributed by atoms with Gasteiger partial charge >= 0.3 is 0 Å². The van der Waals surface area contributed by atoms with Gasteiger partial charge in [0.2, 0.25) is 0 Å². The summed E-state index contributed by atoms with van der Waals surface area (Å²) < 4.78 is 17.6. The largest absolute Gasteiger partial charge is 0.491 e. The summed E-state index contributed by atoms with van der Waals surface area (Å²) in [5, 5.41) is 4.10. The van der Waals surface area contributed by atoms with E-state index >= 15 is 0 Å². The fraction of sp³-hybridized carbons (Fsp3) is 0.600. The molecule has 26 heavy (non-hydrogen) atoms. The van der Waals surface area contributed by atoms with Gasteiger partial charge in [-0.2, -0.15) is 0 Å². The minimum absolute atomic E-state index is 0.0331. The van der Waals surface area contributed by atoms with Crippen LogP contribution in [0.4, 0.5) is 0 Å². The summed E-state index contributed by atoms with van der Waals surface area (Å²) in [5.74, 6) is 1.75. The molecular formula is C20H27N3O3. The Hall–Kier alpha value is -1.92. The first kappa shape index (κ1) is 17.5. The van der Waals surface area contributed by atoms with E-state index < -0.39 is 0 Å². The molecule has 2 saturated heterocycles. The Kier molecular flexibility index (Phi) is 4.96. The van der Waals surface area contributed by atoms with Gasteiger partial charge in [0, 0.05) is 43.4 Å². The van der Waals surface area contributed by atoms with Crippen LogP contribution >= 0.6 is 0 Å². The highest BCUT2D eigenvalue weighted by Crippen LogP contribution is 2.41. The van der Waals surface area contributed by atoms with E-state index in [0.717, 1.165) is 62.7 Å². The van der Waals surface area contributed by atoms with Gasteiger partial charge in [0.1, 0.15) is 11.5 Å². The van der Waals surface area contributed by atoms with Crippen molar-refractivity contribution in [2.75, 3.05) is 26.3 Å². The summed E-state index contributed by atoms with van der Waals surface area (Å²) in [6.07, 6.45) is 7.08. The molecule has 2 fully saturated rings. The fourth-order valence-electron chi connectivity index (χ4n) is 4.34. The molecule has 6 nitrogen and oxygen atoms in total. The molecule has 0 saturated carbocycles. The van der Waals surface area contributed by atoms with Gasteiger partial charge < -0.3 is 14.0 Å². The van der Waals surface area contributed by atoms with Crippen LogP contribution in [0.2, 0.25) is 0 Å². The Morgan fingerprint density at radius 1 is 1.38 bits per heavy atom. The van der Waals surface area contributed by atoms with Gasteiger partial charge in [-0.3, -0.25) is 9.88 Å². The molecule has 0 spiro atoms. The SMILES string of the molecule is Cc1noc(C)c1CN1CC[C@H]2OCCC[C@@]2(COc2cccnc2)C1. The highest BCUT2D eigenvalue weighted by atomic mass is 16.5. The zero-order valence-electron chi connectivity index (χ0n) is 15.6. The Balaban J connectivity index is 1.49. The maximum Gasteiger partial charge on any atom is 0.138 e. The van der Waals surface area contributed by atoms with Gasteiger partial charge in [0.25, 0.3) is 0 Å². The van der Waals surface area contributed by atoms with E-state index in [1.165, 1.54) is 5.56 Å². The number of ether oxygens (including phenoxy) is 2. The third-order valence-corrected chi connectivity index (χ3v) is 5.79. The molecule has 2 aliphatic heterocycles. The Morgan fingerprint density at radius 3 is 3.08 bits per heavy atom. The van der Waals surface area contributed by atoms with Crippen LogP contribution in [0.15, 0.2) is 29.0 Å². The van der Waals surface area contributed by atoms with Gasteiger partial charge in [-0.15, -0.1) is 0 Å². The van der Waals surface area contributed by atoms with E-state index in [4.69, 9.17) is 14.0 Å². The molecule has 2 atom stereocenters. The summed E-state index contributed by atoms with van der Waals surface area (Å²) in [6.45, 7) is 8.43. The van der Waals surface area contributed by atoms with Crippen LogP contribution in [-0.4, -0.2) is 47.4 Å². The summed E-state index contributed by atoms with van der Waals surface area (Å²) in [7, 11) is 0. The van der Waals surface area contributed by atoms with E-state index in [2.05, 4.69) is 15.0 Å². The van der Waals surface area contributed by atoms with E-state index in [1.54, 1.807) is 12.4 Å². The second-order valence-corrected chi connectivity index (χ2v) is 7.60. The van der Waals surface area contributed by atoms with Crippen LogP contribution in [0.5, 0.6) is 5.75 Å². The normalized spacial score (nSPS) is 26.5. The molecule has 6 heteroatoms. The standard InChI is InChI=1S/C20H27N3O3/c1-15-18(16(2)26-22-15)12-23-9-6-19-20(13-23,7-4-10-24-19)14-25-17-5-3-8-21-11-17/h3,5,8,11,19H,4,6-7,9-10,12-14H2,1-2H3/t19-,20+/m1/s1. The van der Waals surface area contributed by atoms with Gasteiger partial charge in [0.05, 0.1) is 24.6 Å². The second kappa shape index (κ2) is 7.37. The number of aryl methyl sites for hydroxylation is 2. The molecule has 2 aromatic rings. The Morgan fingerprint density at radius 2 is 2.31 bits per heavy atom. The highest BCUT2D eigenvalue weighted by molar-refractivity contribution is 5.21. The summed E-state index contributed by atoms with van der Waals surface area (Å²) >= 11 is 0. The maximum absolute atomic E-state index is 6.15. The quantitative estimate of drug-likeness (QED) is 0.819. The predicted molar refractivity (Wildman–Crippen MR) is 97.0 cm³/mol. The predicted octanol–water partition coefficient (Wildman–Crippen LogP) is 3.14. The van der Waals surface area contributed by atoms with Crippen LogP contribution in [0.1, 0.15) is 36.3 Å². The average Bonchev–Trinajstić information content (AvgIpc) is 2.99. The third-order valence-electron chi connectivity index (χ3n) is 5.79. The molecular weight excluding hydrogens is 330 g/mol. The van der Waals surface area contributed by atoms with Crippen molar-refractivity contribution in [3.05, 3.63) is 41.5 Å². The lowest BCUT2D eigenvalue weighted by atomic mass is 9.73. The molecule has 2 aliphatic rings. The molecule has 0 bridgehead atoms. The molecule has 0 radical (unpaired) electrons. The van der Waals surface area contributed by atoms with Crippen molar-refractivity contribution < 1.29 is 14.0 Å². The summed E-state index contributed by atoms with van der Waals surface area (Å²) in [4.78, 5) is 6.65. The lowest BCUT2D eigenvalue weighted by Crippen LogP contribution is -2.57. The Bertz CT molecular complexity index is 714. The van der Waals surface area contributed by atoms with Gasteiger partial charge in [-0.05, 0) is 45.2 Å². The molecule has 0 amide bonds. The molecule has 2 aromatic heterocycles. The van der Waals surface area contributed by atoms with Crippen molar-refractivity contribution in [1.29, 1.82) is 0 Å². The topological polar surface area (TPSA) is 60.6 Å². The number of aromatic nitrogens is 2. The lowest BCUT2D eigenvalue weighted by Gasteiger charge is -2.50. The number of pyridine rings is 1. The van der Waals surface area contributed by atoms with Crippen molar-refractivity contribution in [1.82, 2.24) is 15.0 Å². The number of piperidine rings is 1. The summed E-state index contributed by atoms with van der Waals surface area (Å²) in [5.41, 5.74) is 2.24. The molecule has 0 aromatic carbocycles. The number of fused-ring (bicyclic) bond motifs is 1. The molecule has 0 aliphatic carbocycles. The smallest absolute Gasteiger partial charge is 0.138 e. The average molecular weight is 357 g/mol. The molecule has 4 rings (SSSR count). The van der Waals surface area contributed by atoms with Crippen LogP contribution in [0.25, 0.3) is 0 Å². The molecule has 0 unspecified atom stereocenters. The van der Waals surface area contributed by atoms with Crippen molar-refractivity contribution in [2.45, 2.75) is 45.8 Å². The van der Waals surface area contributed by atoms with Crippen LogP contribution in [-0.2, 0) is 11.3 Å². The van der Waals surface area contributed by atoms with E-state index in [1.807, 2.05) is 26.0 Å². The van der Waals surface area contributed by atoms with Crippen LogP contribution in [0.3, 0.4) is 0 Å². The first-order valence-corrected chi connectivity index (χ1v) is 9.45. The fourth-order valence-corrected chi connectivity index (χ4v) is 4.34. The first-order valence-electron chi connectivity index (χ1n) is 9.45. The number of likely N-dealkylation sites (tertiary alicyclic amines) is 1. The van der Waals surface area contributed by atoms with Crippen molar-refractivity contribution >= 4 is 0 Å².